The summed E-state index contributed by atoms with van der Waals surface area (Å²) in [5, 5.41) is 0.0314. The summed E-state index contributed by atoms with van der Waals surface area (Å²) in [6.07, 6.45) is 1.12. The van der Waals surface area contributed by atoms with Gasteiger partial charge in [0.15, 0.2) is 0 Å². The van der Waals surface area contributed by atoms with Crippen molar-refractivity contribution >= 4 is 11.6 Å². The summed E-state index contributed by atoms with van der Waals surface area (Å²) in [5.74, 6) is 1.78. The molecule has 0 bridgehead atoms. The molecule has 124 valence electrons. The Morgan fingerprint density at radius 2 is 1.39 bits per heavy atom. The Kier molecular flexibility index (Phi) is 6.53. The quantitative estimate of drug-likeness (QED) is 0.562. The average molecular weight is 331 g/mol. The van der Waals surface area contributed by atoms with E-state index in [-0.39, 0.29) is 11.3 Å². The van der Waals surface area contributed by atoms with Crippen molar-refractivity contribution in [2.24, 2.45) is 5.92 Å². The van der Waals surface area contributed by atoms with Gasteiger partial charge in [-0.1, -0.05) is 50.2 Å². The Bertz CT molecular complexity index is 584. The van der Waals surface area contributed by atoms with Crippen molar-refractivity contribution in [2.45, 2.75) is 45.4 Å². The van der Waals surface area contributed by atoms with Gasteiger partial charge < -0.3 is 4.74 Å². The van der Waals surface area contributed by atoms with Crippen molar-refractivity contribution in [3.05, 3.63) is 65.2 Å². The molecule has 0 amide bonds. The van der Waals surface area contributed by atoms with Gasteiger partial charge in [-0.2, -0.15) is 0 Å². The number of alkyl halides is 1. The Hall–Kier alpha value is -1.47. The lowest BCUT2D eigenvalue weighted by Crippen LogP contribution is -2.11. The highest BCUT2D eigenvalue weighted by Gasteiger charge is 2.19. The van der Waals surface area contributed by atoms with Crippen LogP contribution in [0.5, 0.6) is 5.75 Å². The van der Waals surface area contributed by atoms with Crippen LogP contribution in [-0.2, 0) is 6.42 Å². The molecule has 0 aliphatic rings. The van der Waals surface area contributed by atoms with Crippen LogP contribution in [0.4, 0.5) is 0 Å². The van der Waals surface area contributed by atoms with Crippen LogP contribution in [-0.4, -0.2) is 12.0 Å². The van der Waals surface area contributed by atoms with Gasteiger partial charge in [0.05, 0.1) is 6.61 Å². The third kappa shape index (κ3) is 5.00. The van der Waals surface area contributed by atoms with E-state index in [4.69, 9.17) is 16.3 Å². The van der Waals surface area contributed by atoms with Crippen LogP contribution in [0.3, 0.4) is 0 Å². The molecule has 2 rings (SSSR count). The molecular formula is C21H27ClO. The lowest BCUT2D eigenvalue weighted by molar-refractivity contribution is 0.340. The minimum absolute atomic E-state index is 0.0314. The summed E-state index contributed by atoms with van der Waals surface area (Å²) >= 11 is 6.51. The van der Waals surface area contributed by atoms with Crippen LogP contribution in [0, 0.1) is 5.92 Å². The number of ether oxygens (including phenoxy) is 1. The molecule has 0 N–H and O–H groups in total. The molecule has 2 heteroatoms. The van der Waals surface area contributed by atoms with Crippen molar-refractivity contribution in [1.29, 1.82) is 0 Å². The lowest BCUT2D eigenvalue weighted by atomic mass is 9.88. The molecule has 2 aromatic carbocycles. The van der Waals surface area contributed by atoms with Crippen LogP contribution < -0.4 is 4.74 Å². The first kappa shape index (κ1) is 17.9. The Morgan fingerprint density at radius 1 is 0.870 bits per heavy atom. The van der Waals surface area contributed by atoms with E-state index >= 15 is 0 Å². The van der Waals surface area contributed by atoms with Gasteiger partial charge in [0.2, 0.25) is 0 Å². The number of hydrogen-bond donors (Lipinski definition) is 0. The minimum atomic E-state index is 0.0314. The Balaban J connectivity index is 2.24. The van der Waals surface area contributed by atoms with Crippen LogP contribution in [0.25, 0.3) is 0 Å². The number of rotatable bonds is 7. The third-order valence-corrected chi connectivity index (χ3v) is 4.24. The van der Waals surface area contributed by atoms with Gasteiger partial charge in [-0.15, -0.1) is 11.6 Å². The van der Waals surface area contributed by atoms with E-state index in [0.29, 0.717) is 12.5 Å². The fraction of sp³-hybridized carbons (Fsp3) is 0.429. The van der Waals surface area contributed by atoms with E-state index in [2.05, 4.69) is 57.2 Å². The first-order chi connectivity index (χ1) is 11.0. The predicted molar refractivity (Wildman–Crippen MR) is 99.8 cm³/mol. The molecule has 0 aromatic heterocycles. The van der Waals surface area contributed by atoms with Crippen LogP contribution >= 0.6 is 11.6 Å². The Morgan fingerprint density at radius 3 is 1.83 bits per heavy atom. The van der Waals surface area contributed by atoms with Gasteiger partial charge >= 0.3 is 0 Å². The van der Waals surface area contributed by atoms with Crippen molar-refractivity contribution < 1.29 is 4.74 Å². The van der Waals surface area contributed by atoms with Crippen LogP contribution in [0.2, 0.25) is 0 Å². The van der Waals surface area contributed by atoms with Gasteiger partial charge in [-0.05, 0) is 55.0 Å². The fourth-order valence-corrected chi connectivity index (χ4v) is 3.28. The predicted octanol–water partition coefficient (Wildman–Crippen LogP) is 6.04. The maximum atomic E-state index is 6.51. The molecule has 0 aliphatic carbocycles. The second kappa shape index (κ2) is 8.40. The lowest BCUT2D eigenvalue weighted by Gasteiger charge is -2.21. The molecule has 23 heavy (non-hydrogen) atoms. The summed E-state index contributed by atoms with van der Waals surface area (Å²) in [7, 11) is 0. The topological polar surface area (TPSA) is 9.23 Å². The zero-order chi connectivity index (χ0) is 16.8. The van der Waals surface area contributed by atoms with Crippen LogP contribution in [0.1, 0.15) is 50.3 Å². The highest BCUT2D eigenvalue weighted by Crippen LogP contribution is 2.32. The zero-order valence-electron chi connectivity index (χ0n) is 14.6. The summed E-state index contributed by atoms with van der Waals surface area (Å²) in [4.78, 5) is 0. The maximum absolute atomic E-state index is 6.51. The van der Waals surface area contributed by atoms with E-state index < -0.39 is 0 Å². The number of halogens is 1. The molecule has 0 radical (unpaired) electrons. The van der Waals surface area contributed by atoms with Crippen LogP contribution in [0.15, 0.2) is 48.5 Å². The smallest absolute Gasteiger partial charge is 0.119 e. The highest BCUT2D eigenvalue weighted by molar-refractivity contribution is 6.21. The Labute approximate surface area is 145 Å². The van der Waals surface area contributed by atoms with E-state index in [9.17, 15) is 0 Å². The minimum Gasteiger partial charge on any atom is -0.494 e. The van der Waals surface area contributed by atoms with Crippen molar-refractivity contribution in [2.75, 3.05) is 6.61 Å². The molecule has 0 saturated heterocycles. The molecule has 2 atom stereocenters. The van der Waals surface area contributed by atoms with E-state index in [1.54, 1.807) is 0 Å². The molecule has 0 spiro atoms. The van der Waals surface area contributed by atoms with E-state index in [1.165, 1.54) is 16.7 Å². The van der Waals surface area contributed by atoms with E-state index in [1.807, 2.05) is 19.1 Å². The monoisotopic (exact) mass is 330 g/mol. The number of hydrogen-bond acceptors (Lipinski definition) is 1. The standard InChI is InChI=1S/C21H27ClO/c1-5-23-20-12-10-19(11-13-20)21(16(4)22)18-8-6-17(7-9-18)14-15(2)3/h6-13,15-16,21H,5,14H2,1-4H3. The second-order valence-electron chi connectivity index (χ2n) is 6.50. The second-order valence-corrected chi connectivity index (χ2v) is 7.19. The summed E-state index contributed by atoms with van der Waals surface area (Å²) in [5.41, 5.74) is 3.88. The molecule has 0 fully saturated rings. The van der Waals surface area contributed by atoms with Gasteiger partial charge in [-0.25, -0.2) is 0 Å². The first-order valence-corrected chi connectivity index (χ1v) is 8.90. The van der Waals surface area contributed by atoms with E-state index in [0.717, 1.165) is 12.2 Å². The molecule has 1 nitrogen and oxygen atoms in total. The summed E-state index contributed by atoms with van der Waals surface area (Å²) in [6, 6.07) is 17.2. The highest BCUT2D eigenvalue weighted by atomic mass is 35.5. The fourth-order valence-electron chi connectivity index (χ4n) is 2.99. The molecule has 2 unspecified atom stereocenters. The molecular weight excluding hydrogens is 304 g/mol. The summed E-state index contributed by atoms with van der Waals surface area (Å²) < 4.78 is 5.53. The maximum Gasteiger partial charge on any atom is 0.119 e. The SMILES string of the molecule is CCOc1ccc(C(c2ccc(CC(C)C)cc2)C(C)Cl)cc1. The van der Waals surface area contributed by atoms with Gasteiger partial charge in [0.1, 0.15) is 5.75 Å². The molecule has 0 aliphatic heterocycles. The molecule has 0 heterocycles. The van der Waals surface area contributed by atoms with Gasteiger partial charge in [-0.3, -0.25) is 0 Å². The number of benzene rings is 2. The van der Waals surface area contributed by atoms with Crippen molar-refractivity contribution in [1.82, 2.24) is 0 Å². The first-order valence-electron chi connectivity index (χ1n) is 8.47. The van der Waals surface area contributed by atoms with Crippen molar-refractivity contribution in [3.63, 3.8) is 0 Å². The molecule has 0 saturated carbocycles. The van der Waals surface area contributed by atoms with Crippen molar-refractivity contribution in [3.8, 4) is 5.75 Å². The largest absolute Gasteiger partial charge is 0.494 e. The third-order valence-electron chi connectivity index (χ3n) is 3.99. The average Bonchev–Trinajstić information content (AvgIpc) is 2.50. The summed E-state index contributed by atoms with van der Waals surface area (Å²) in [6.45, 7) is 9.24. The van der Waals surface area contributed by atoms with Gasteiger partial charge in [0, 0.05) is 11.3 Å². The van der Waals surface area contributed by atoms with Gasteiger partial charge in [0.25, 0.3) is 0 Å². The zero-order valence-corrected chi connectivity index (χ0v) is 15.3. The normalized spacial score (nSPS) is 13.8. The molecule has 2 aromatic rings.